The van der Waals surface area contributed by atoms with E-state index < -0.39 is 0 Å². The van der Waals surface area contributed by atoms with Crippen molar-refractivity contribution in [3.05, 3.63) is 30.1 Å². The van der Waals surface area contributed by atoms with E-state index in [0.29, 0.717) is 6.04 Å². The highest BCUT2D eigenvalue weighted by atomic mass is 15.1. The minimum Gasteiger partial charge on any atom is -0.330 e. The number of fused-ring (bicyclic) bond motifs is 1. The van der Waals surface area contributed by atoms with Gasteiger partial charge in [-0.25, -0.2) is 4.98 Å². The second kappa shape index (κ2) is 5.11. The van der Waals surface area contributed by atoms with Crippen LogP contribution in [0.1, 0.15) is 44.0 Å². The van der Waals surface area contributed by atoms with Gasteiger partial charge in [-0.3, -0.25) is 0 Å². The molecule has 2 heterocycles. The smallest absolute Gasteiger partial charge is 0.126 e. The largest absolute Gasteiger partial charge is 0.330 e. The van der Waals surface area contributed by atoms with Gasteiger partial charge >= 0.3 is 0 Å². The summed E-state index contributed by atoms with van der Waals surface area (Å²) in [6.45, 7) is 1.12. The van der Waals surface area contributed by atoms with Crippen LogP contribution in [0.2, 0.25) is 0 Å². The van der Waals surface area contributed by atoms with Gasteiger partial charge in [-0.15, -0.1) is 0 Å². The molecule has 1 atom stereocenters. The zero-order chi connectivity index (χ0) is 12.4. The van der Waals surface area contributed by atoms with Crippen molar-refractivity contribution in [1.29, 1.82) is 0 Å². The summed E-state index contributed by atoms with van der Waals surface area (Å²) in [7, 11) is 2.13. The Hall–Kier alpha value is -1.35. The predicted molar refractivity (Wildman–Crippen MR) is 74.5 cm³/mol. The van der Waals surface area contributed by atoms with Gasteiger partial charge in [0.25, 0.3) is 0 Å². The van der Waals surface area contributed by atoms with Gasteiger partial charge in [-0.05, 0) is 31.5 Å². The first-order valence-electron chi connectivity index (χ1n) is 7.01. The van der Waals surface area contributed by atoms with Crippen LogP contribution in [-0.2, 0) is 7.05 Å². The fourth-order valence-electron chi connectivity index (χ4n) is 2.90. The third kappa shape index (κ3) is 2.15. The van der Waals surface area contributed by atoms with E-state index in [2.05, 4.69) is 41.2 Å². The molecule has 1 aromatic carbocycles. The number of nitrogens with zero attached hydrogens (tertiary/aromatic N) is 2. The van der Waals surface area contributed by atoms with E-state index >= 15 is 0 Å². The van der Waals surface area contributed by atoms with Gasteiger partial charge in [0.15, 0.2) is 0 Å². The van der Waals surface area contributed by atoms with Gasteiger partial charge in [-0.1, -0.05) is 31.4 Å². The number of benzene rings is 1. The molecule has 18 heavy (non-hydrogen) atoms. The highest BCUT2D eigenvalue weighted by Gasteiger charge is 2.18. The van der Waals surface area contributed by atoms with Crippen molar-refractivity contribution in [2.24, 2.45) is 7.05 Å². The van der Waals surface area contributed by atoms with Crippen molar-refractivity contribution >= 4 is 11.0 Å². The van der Waals surface area contributed by atoms with E-state index in [-0.39, 0.29) is 0 Å². The minimum atomic E-state index is 0.419. The van der Waals surface area contributed by atoms with Crippen molar-refractivity contribution in [2.45, 2.75) is 38.1 Å². The topological polar surface area (TPSA) is 29.9 Å². The Labute approximate surface area is 108 Å². The number of rotatable bonds is 1. The quantitative estimate of drug-likeness (QED) is 0.833. The summed E-state index contributed by atoms with van der Waals surface area (Å²) in [5, 5.41) is 3.66. The second-order valence-corrected chi connectivity index (χ2v) is 5.23. The number of para-hydroxylation sites is 2. The third-order valence-electron chi connectivity index (χ3n) is 3.94. The Kier molecular flexibility index (Phi) is 3.33. The number of hydrogen-bond donors (Lipinski definition) is 1. The molecule has 3 heteroatoms. The van der Waals surface area contributed by atoms with E-state index in [1.807, 2.05) is 0 Å². The Morgan fingerprint density at radius 2 is 2.00 bits per heavy atom. The number of aryl methyl sites for hydroxylation is 1. The first-order chi connectivity index (χ1) is 8.86. The van der Waals surface area contributed by atoms with Crippen molar-refractivity contribution in [3.63, 3.8) is 0 Å². The molecule has 1 fully saturated rings. The average molecular weight is 243 g/mol. The van der Waals surface area contributed by atoms with Crippen LogP contribution >= 0.6 is 0 Å². The molecule has 0 amide bonds. The van der Waals surface area contributed by atoms with E-state index in [1.54, 1.807) is 0 Å². The van der Waals surface area contributed by atoms with Crippen LogP contribution in [0.5, 0.6) is 0 Å². The number of imidazole rings is 1. The van der Waals surface area contributed by atoms with Crippen LogP contribution in [0, 0.1) is 0 Å². The third-order valence-corrected chi connectivity index (χ3v) is 3.94. The summed E-state index contributed by atoms with van der Waals surface area (Å²) in [4.78, 5) is 4.81. The van der Waals surface area contributed by atoms with E-state index in [9.17, 15) is 0 Å². The Balaban J connectivity index is 1.94. The summed E-state index contributed by atoms with van der Waals surface area (Å²) in [6.07, 6.45) is 6.53. The summed E-state index contributed by atoms with van der Waals surface area (Å²) in [5.41, 5.74) is 2.34. The standard InChI is InChI=1S/C15H21N3/c1-18-14-10-6-5-8-12(14)17-15(18)13-9-4-2-3-7-11-16-13/h5-6,8,10,13,16H,2-4,7,9,11H2,1H3. The van der Waals surface area contributed by atoms with Crippen molar-refractivity contribution in [3.8, 4) is 0 Å². The molecule has 0 saturated carbocycles. The number of nitrogens with one attached hydrogen (secondary N) is 1. The molecule has 1 aromatic heterocycles. The molecular weight excluding hydrogens is 222 g/mol. The van der Waals surface area contributed by atoms with E-state index in [0.717, 1.165) is 12.1 Å². The molecule has 2 aromatic rings. The molecule has 3 nitrogen and oxygen atoms in total. The maximum Gasteiger partial charge on any atom is 0.126 e. The number of hydrogen-bond acceptors (Lipinski definition) is 2. The highest BCUT2D eigenvalue weighted by molar-refractivity contribution is 5.75. The van der Waals surface area contributed by atoms with Gasteiger partial charge < -0.3 is 9.88 Å². The average Bonchev–Trinajstić information content (AvgIpc) is 2.67. The highest BCUT2D eigenvalue weighted by Crippen LogP contribution is 2.24. The zero-order valence-electron chi connectivity index (χ0n) is 11.0. The molecule has 96 valence electrons. The van der Waals surface area contributed by atoms with Crippen molar-refractivity contribution in [2.75, 3.05) is 6.54 Å². The molecule has 0 spiro atoms. The van der Waals surface area contributed by atoms with Crippen LogP contribution < -0.4 is 5.32 Å². The molecule has 1 saturated heterocycles. The second-order valence-electron chi connectivity index (χ2n) is 5.23. The maximum absolute atomic E-state index is 4.81. The van der Waals surface area contributed by atoms with Gasteiger partial charge in [0.1, 0.15) is 5.82 Å². The molecule has 1 N–H and O–H groups in total. The fraction of sp³-hybridized carbons (Fsp3) is 0.533. The number of aromatic nitrogens is 2. The summed E-state index contributed by atoms with van der Waals surface area (Å²) in [5.74, 6) is 1.19. The van der Waals surface area contributed by atoms with Crippen LogP contribution in [0.15, 0.2) is 24.3 Å². The molecule has 1 aliphatic heterocycles. The SMILES string of the molecule is Cn1c(C2CCCCCCN2)nc2ccccc21. The molecule has 0 bridgehead atoms. The summed E-state index contributed by atoms with van der Waals surface area (Å²) < 4.78 is 2.24. The molecule has 0 radical (unpaired) electrons. The normalized spacial score (nSPS) is 21.7. The van der Waals surface area contributed by atoms with Crippen LogP contribution in [0.4, 0.5) is 0 Å². The summed E-state index contributed by atoms with van der Waals surface area (Å²) >= 11 is 0. The van der Waals surface area contributed by atoms with Gasteiger partial charge in [0, 0.05) is 7.05 Å². The van der Waals surface area contributed by atoms with Crippen LogP contribution in [0.25, 0.3) is 11.0 Å². The fourth-order valence-corrected chi connectivity index (χ4v) is 2.90. The molecular formula is C15H21N3. The Morgan fingerprint density at radius 3 is 2.89 bits per heavy atom. The van der Waals surface area contributed by atoms with Gasteiger partial charge in [0.05, 0.1) is 17.1 Å². The molecule has 3 rings (SSSR count). The minimum absolute atomic E-state index is 0.419. The van der Waals surface area contributed by atoms with E-state index in [1.165, 1.54) is 43.4 Å². The van der Waals surface area contributed by atoms with Gasteiger partial charge in [0.2, 0.25) is 0 Å². The van der Waals surface area contributed by atoms with Crippen molar-refractivity contribution < 1.29 is 0 Å². The molecule has 1 unspecified atom stereocenters. The lowest BCUT2D eigenvalue weighted by atomic mass is 10.0. The molecule has 0 aliphatic carbocycles. The first kappa shape index (κ1) is 11.7. The van der Waals surface area contributed by atoms with Crippen LogP contribution in [0.3, 0.4) is 0 Å². The van der Waals surface area contributed by atoms with Crippen molar-refractivity contribution in [1.82, 2.24) is 14.9 Å². The van der Waals surface area contributed by atoms with E-state index in [4.69, 9.17) is 4.98 Å². The Bertz CT molecular complexity index is 522. The lowest BCUT2D eigenvalue weighted by Crippen LogP contribution is -2.26. The monoisotopic (exact) mass is 243 g/mol. The van der Waals surface area contributed by atoms with Crippen LogP contribution in [-0.4, -0.2) is 16.1 Å². The maximum atomic E-state index is 4.81. The van der Waals surface area contributed by atoms with Gasteiger partial charge in [-0.2, -0.15) is 0 Å². The zero-order valence-corrected chi connectivity index (χ0v) is 11.0. The lowest BCUT2D eigenvalue weighted by molar-refractivity contribution is 0.408. The molecule has 1 aliphatic rings. The first-order valence-corrected chi connectivity index (χ1v) is 7.01. The predicted octanol–water partition coefficient (Wildman–Crippen LogP) is 3.17. The Morgan fingerprint density at radius 1 is 1.17 bits per heavy atom. The summed E-state index contributed by atoms with van der Waals surface area (Å²) in [6, 6.07) is 8.81. The lowest BCUT2D eigenvalue weighted by Gasteiger charge is -2.21.